The van der Waals surface area contributed by atoms with Gasteiger partial charge < -0.3 is 10.0 Å². The van der Waals surface area contributed by atoms with Gasteiger partial charge in [0.25, 0.3) is 0 Å². The molecule has 2 aromatic carbocycles. The van der Waals surface area contributed by atoms with Crippen molar-refractivity contribution in [2.45, 2.75) is 64.7 Å². The van der Waals surface area contributed by atoms with Crippen molar-refractivity contribution in [1.82, 2.24) is 14.7 Å². The highest BCUT2D eigenvalue weighted by Gasteiger charge is 2.33. The summed E-state index contributed by atoms with van der Waals surface area (Å²) in [7, 11) is 0. The van der Waals surface area contributed by atoms with Crippen LogP contribution in [0.1, 0.15) is 44.2 Å². The number of aliphatic hydroxyl groups excluding tert-OH is 1. The van der Waals surface area contributed by atoms with E-state index in [0.717, 1.165) is 32.6 Å². The van der Waals surface area contributed by atoms with E-state index in [-0.39, 0.29) is 6.61 Å². The zero-order valence-electron chi connectivity index (χ0n) is 20.2. The largest absolute Gasteiger partial charge is 0.396 e. The van der Waals surface area contributed by atoms with E-state index in [2.05, 4.69) is 84.0 Å². The number of benzene rings is 2. The first kappa shape index (κ1) is 23.4. The summed E-state index contributed by atoms with van der Waals surface area (Å²) in [5.41, 5.74) is 5.34. The Morgan fingerprint density at radius 2 is 1.75 bits per heavy atom. The van der Waals surface area contributed by atoms with Crippen LogP contribution in [-0.2, 0) is 6.54 Å². The van der Waals surface area contributed by atoms with Crippen molar-refractivity contribution in [1.29, 1.82) is 0 Å². The molecule has 2 aliphatic rings. The zero-order valence-corrected chi connectivity index (χ0v) is 20.2. The predicted molar refractivity (Wildman–Crippen MR) is 134 cm³/mol. The summed E-state index contributed by atoms with van der Waals surface area (Å²) in [6, 6.07) is 19.5. The number of piperazine rings is 1. The van der Waals surface area contributed by atoms with Crippen LogP contribution in [-0.4, -0.2) is 77.3 Å². The third-order valence-corrected chi connectivity index (χ3v) is 7.56. The van der Waals surface area contributed by atoms with Crippen LogP contribution in [0.4, 0.5) is 0 Å². The monoisotopic (exact) mass is 435 g/mol. The molecule has 0 aromatic heterocycles. The van der Waals surface area contributed by atoms with E-state index >= 15 is 0 Å². The molecule has 2 fully saturated rings. The lowest BCUT2D eigenvalue weighted by molar-refractivity contribution is -0.0000253. The maximum Gasteiger partial charge on any atom is 0.0446 e. The molecule has 0 spiro atoms. The number of aryl methyl sites for hydroxylation is 1. The molecule has 4 heteroatoms. The van der Waals surface area contributed by atoms with Gasteiger partial charge >= 0.3 is 0 Å². The quantitative estimate of drug-likeness (QED) is 0.698. The molecule has 2 heterocycles. The second-order valence-electron chi connectivity index (χ2n) is 10.0. The molecule has 1 atom stereocenters. The second kappa shape index (κ2) is 10.9. The third kappa shape index (κ3) is 5.60. The molecule has 0 radical (unpaired) electrons. The number of hydrogen-bond acceptors (Lipinski definition) is 4. The molecule has 0 bridgehead atoms. The van der Waals surface area contributed by atoms with Crippen LogP contribution in [0.3, 0.4) is 0 Å². The number of nitrogens with zero attached hydrogens (tertiary/aromatic N) is 3. The molecule has 0 unspecified atom stereocenters. The minimum Gasteiger partial charge on any atom is -0.396 e. The zero-order chi connectivity index (χ0) is 22.5. The molecule has 4 nitrogen and oxygen atoms in total. The fourth-order valence-electron chi connectivity index (χ4n) is 5.69. The van der Waals surface area contributed by atoms with E-state index in [1.165, 1.54) is 48.2 Å². The van der Waals surface area contributed by atoms with Crippen LogP contribution in [0, 0.1) is 6.92 Å². The van der Waals surface area contributed by atoms with Gasteiger partial charge in [-0.3, -0.25) is 9.80 Å². The first-order valence-electron chi connectivity index (χ1n) is 12.5. The standard InChI is InChI=1S/C28H41N3O/c1-22(2)30-14-11-26(12-15-30)31-17-16-29(21-27(31)13-18-32)20-24-8-6-9-25(19-24)28-10-5-4-7-23(28)3/h4-10,19,22,26-27,32H,11-18,20-21H2,1-3H3/t27-/m1/s1. The average Bonchev–Trinajstić information content (AvgIpc) is 2.80. The molecule has 2 aliphatic heterocycles. The van der Waals surface area contributed by atoms with Crippen molar-refractivity contribution in [3.8, 4) is 11.1 Å². The van der Waals surface area contributed by atoms with E-state index in [9.17, 15) is 5.11 Å². The fourth-order valence-corrected chi connectivity index (χ4v) is 5.69. The van der Waals surface area contributed by atoms with Crippen LogP contribution < -0.4 is 0 Å². The van der Waals surface area contributed by atoms with Crippen molar-refractivity contribution < 1.29 is 5.11 Å². The molecular formula is C28H41N3O. The van der Waals surface area contributed by atoms with Gasteiger partial charge in [0.1, 0.15) is 0 Å². The van der Waals surface area contributed by atoms with Crippen LogP contribution in [0.15, 0.2) is 48.5 Å². The van der Waals surface area contributed by atoms with E-state index in [1.807, 2.05) is 0 Å². The molecule has 2 saturated heterocycles. The normalized spacial score (nSPS) is 22.0. The maximum absolute atomic E-state index is 9.76. The predicted octanol–water partition coefficient (Wildman–Crippen LogP) is 4.40. The first-order chi connectivity index (χ1) is 15.5. The topological polar surface area (TPSA) is 30.0 Å². The maximum atomic E-state index is 9.76. The van der Waals surface area contributed by atoms with Gasteiger partial charge in [0.05, 0.1) is 0 Å². The lowest BCUT2D eigenvalue weighted by Gasteiger charge is -2.48. The van der Waals surface area contributed by atoms with Gasteiger partial charge in [0.15, 0.2) is 0 Å². The smallest absolute Gasteiger partial charge is 0.0446 e. The van der Waals surface area contributed by atoms with Crippen molar-refractivity contribution in [3.63, 3.8) is 0 Å². The van der Waals surface area contributed by atoms with E-state index < -0.39 is 0 Å². The van der Waals surface area contributed by atoms with E-state index in [1.54, 1.807) is 0 Å². The Labute approximate surface area is 194 Å². The Bertz CT molecular complexity index is 859. The minimum absolute atomic E-state index is 0.280. The van der Waals surface area contributed by atoms with Crippen molar-refractivity contribution in [3.05, 3.63) is 59.7 Å². The molecule has 4 rings (SSSR count). The van der Waals surface area contributed by atoms with Gasteiger partial charge in [-0.05, 0) is 81.4 Å². The lowest BCUT2D eigenvalue weighted by Crippen LogP contribution is -2.58. The van der Waals surface area contributed by atoms with Crippen LogP contribution >= 0.6 is 0 Å². The Hall–Kier alpha value is -1.72. The summed E-state index contributed by atoms with van der Waals surface area (Å²) in [4.78, 5) is 7.93. The Morgan fingerprint density at radius 1 is 0.969 bits per heavy atom. The summed E-state index contributed by atoms with van der Waals surface area (Å²) in [6.07, 6.45) is 3.40. The van der Waals surface area contributed by atoms with Crippen LogP contribution in [0.5, 0.6) is 0 Å². The summed E-state index contributed by atoms with van der Waals surface area (Å²) in [6.45, 7) is 13.8. The molecule has 2 aromatic rings. The SMILES string of the molecule is Cc1ccccc1-c1cccc(CN2CCN(C3CCN(C(C)C)CC3)[C@H](CCO)C2)c1. The highest BCUT2D eigenvalue weighted by atomic mass is 16.3. The highest BCUT2D eigenvalue weighted by Crippen LogP contribution is 2.27. The molecule has 174 valence electrons. The second-order valence-corrected chi connectivity index (χ2v) is 10.0. The van der Waals surface area contributed by atoms with Crippen LogP contribution in [0.25, 0.3) is 11.1 Å². The molecule has 0 amide bonds. The van der Waals surface area contributed by atoms with Gasteiger partial charge in [-0.2, -0.15) is 0 Å². The van der Waals surface area contributed by atoms with Gasteiger partial charge in [0, 0.05) is 50.9 Å². The number of likely N-dealkylation sites (tertiary alicyclic amines) is 1. The van der Waals surface area contributed by atoms with Gasteiger partial charge in [0.2, 0.25) is 0 Å². The highest BCUT2D eigenvalue weighted by molar-refractivity contribution is 5.67. The number of rotatable bonds is 7. The molecular weight excluding hydrogens is 394 g/mol. The molecule has 0 aliphatic carbocycles. The number of piperidine rings is 1. The molecule has 0 saturated carbocycles. The molecule has 1 N–H and O–H groups in total. The average molecular weight is 436 g/mol. The third-order valence-electron chi connectivity index (χ3n) is 7.56. The first-order valence-corrected chi connectivity index (χ1v) is 12.5. The van der Waals surface area contributed by atoms with E-state index in [4.69, 9.17) is 0 Å². The van der Waals surface area contributed by atoms with Gasteiger partial charge in [-0.1, -0.05) is 42.5 Å². The molecule has 32 heavy (non-hydrogen) atoms. The van der Waals surface area contributed by atoms with Crippen molar-refractivity contribution >= 4 is 0 Å². The Morgan fingerprint density at radius 3 is 2.47 bits per heavy atom. The summed E-state index contributed by atoms with van der Waals surface area (Å²) < 4.78 is 0. The summed E-state index contributed by atoms with van der Waals surface area (Å²) in [5.74, 6) is 0. The van der Waals surface area contributed by atoms with Gasteiger partial charge in [-0.15, -0.1) is 0 Å². The van der Waals surface area contributed by atoms with Crippen molar-refractivity contribution in [2.75, 3.05) is 39.3 Å². The van der Waals surface area contributed by atoms with Gasteiger partial charge in [-0.25, -0.2) is 0 Å². The number of hydrogen-bond donors (Lipinski definition) is 1. The minimum atomic E-state index is 0.280. The fraction of sp³-hybridized carbons (Fsp3) is 0.571. The lowest BCUT2D eigenvalue weighted by atomic mass is 9.96. The summed E-state index contributed by atoms with van der Waals surface area (Å²) >= 11 is 0. The van der Waals surface area contributed by atoms with Crippen molar-refractivity contribution in [2.24, 2.45) is 0 Å². The van der Waals surface area contributed by atoms with E-state index in [0.29, 0.717) is 18.1 Å². The number of aliphatic hydroxyl groups is 1. The summed E-state index contributed by atoms with van der Waals surface area (Å²) in [5, 5.41) is 9.76. The van der Waals surface area contributed by atoms with Crippen LogP contribution in [0.2, 0.25) is 0 Å². The Kier molecular flexibility index (Phi) is 8.01. The Balaban J connectivity index is 1.39.